The maximum absolute atomic E-state index is 11.7. The summed E-state index contributed by atoms with van der Waals surface area (Å²) < 4.78 is 7.32. The maximum Gasteiger partial charge on any atom is 0.328 e. The molecule has 1 heterocycles. The Morgan fingerprint density at radius 3 is 2.60 bits per heavy atom. The highest BCUT2D eigenvalue weighted by atomic mass is 16.5. The van der Waals surface area contributed by atoms with Crippen LogP contribution >= 0.6 is 0 Å². The van der Waals surface area contributed by atoms with Gasteiger partial charge >= 0.3 is 5.69 Å². The quantitative estimate of drug-likeness (QED) is 0.752. The van der Waals surface area contributed by atoms with Crippen molar-refractivity contribution in [2.75, 3.05) is 6.61 Å². The van der Waals surface area contributed by atoms with Gasteiger partial charge in [0.2, 0.25) is 0 Å². The second kappa shape index (κ2) is 7.66. The van der Waals surface area contributed by atoms with E-state index < -0.39 is 11.2 Å². The van der Waals surface area contributed by atoms with E-state index in [2.05, 4.69) is 30.1 Å². The molecule has 0 spiro atoms. The van der Waals surface area contributed by atoms with Crippen LogP contribution in [0.3, 0.4) is 0 Å². The van der Waals surface area contributed by atoms with E-state index in [1.54, 1.807) is 0 Å². The summed E-state index contributed by atoms with van der Waals surface area (Å²) in [6, 6.07) is 17.6. The summed E-state index contributed by atoms with van der Waals surface area (Å²) in [5, 5.41) is 0. The lowest BCUT2D eigenvalue weighted by molar-refractivity contribution is 0.293. The van der Waals surface area contributed by atoms with E-state index in [4.69, 9.17) is 4.74 Å². The molecule has 25 heavy (non-hydrogen) atoms. The number of aryl methyl sites for hydroxylation is 1. The summed E-state index contributed by atoms with van der Waals surface area (Å²) in [6.07, 6.45) is 2.26. The lowest BCUT2D eigenvalue weighted by atomic mass is 10.0. The van der Waals surface area contributed by atoms with Gasteiger partial charge in [0.05, 0.1) is 6.54 Å². The molecule has 0 amide bonds. The Kier molecular flexibility index (Phi) is 5.14. The topological polar surface area (TPSA) is 64.1 Å². The minimum atomic E-state index is -0.426. The molecule has 0 unspecified atom stereocenters. The largest absolute Gasteiger partial charge is 0.491 e. The molecule has 0 fully saturated rings. The predicted octanol–water partition coefficient (Wildman–Crippen LogP) is 2.51. The zero-order valence-electron chi connectivity index (χ0n) is 14.1. The molecular formula is C20H20N2O3. The Morgan fingerprint density at radius 2 is 1.84 bits per heavy atom. The Bertz CT molecular complexity index is 958. The van der Waals surface area contributed by atoms with Crippen molar-refractivity contribution in [1.82, 2.24) is 9.55 Å². The average Bonchev–Trinajstić information content (AvgIpc) is 2.59. The van der Waals surface area contributed by atoms with Crippen molar-refractivity contribution in [3.05, 3.63) is 98.3 Å². The van der Waals surface area contributed by atoms with E-state index in [1.165, 1.54) is 28.0 Å². The summed E-state index contributed by atoms with van der Waals surface area (Å²) in [5.74, 6) is 0.812. The van der Waals surface area contributed by atoms with Crippen LogP contribution in [0.4, 0.5) is 0 Å². The summed E-state index contributed by atoms with van der Waals surface area (Å²) in [7, 11) is 0. The highest BCUT2D eigenvalue weighted by Crippen LogP contribution is 2.23. The van der Waals surface area contributed by atoms with Gasteiger partial charge in [0.1, 0.15) is 12.4 Å². The zero-order chi connectivity index (χ0) is 17.6. The third kappa shape index (κ3) is 4.47. The second-order valence-corrected chi connectivity index (χ2v) is 5.93. The first-order valence-corrected chi connectivity index (χ1v) is 8.18. The van der Waals surface area contributed by atoms with Gasteiger partial charge < -0.3 is 4.74 Å². The number of H-pyrrole nitrogens is 1. The van der Waals surface area contributed by atoms with Crippen LogP contribution in [0, 0.1) is 6.92 Å². The fourth-order valence-corrected chi connectivity index (χ4v) is 2.68. The predicted molar refractivity (Wildman–Crippen MR) is 97.2 cm³/mol. The number of nitrogens with zero attached hydrogens (tertiary/aromatic N) is 1. The lowest BCUT2D eigenvalue weighted by Gasteiger charge is -2.13. The van der Waals surface area contributed by atoms with Crippen LogP contribution in [-0.4, -0.2) is 16.2 Å². The van der Waals surface area contributed by atoms with Crippen molar-refractivity contribution < 1.29 is 4.74 Å². The number of hydrogen-bond acceptors (Lipinski definition) is 3. The minimum Gasteiger partial charge on any atom is -0.491 e. The molecule has 1 aromatic heterocycles. The van der Waals surface area contributed by atoms with E-state index in [-0.39, 0.29) is 0 Å². The van der Waals surface area contributed by atoms with E-state index >= 15 is 0 Å². The van der Waals surface area contributed by atoms with Gasteiger partial charge in [-0.2, -0.15) is 0 Å². The van der Waals surface area contributed by atoms with Gasteiger partial charge in [-0.05, 0) is 24.1 Å². The molecule has 3 aromatic rings. The number of nitrogens with one attached hydrogen (secondary N) is 1. The van der Waals surface area contributed by atoms with Crippen molar-refractivity contribution in [3.63, 3.8) is 0 Å². The van der Waals surface area contributed by atoms with Crippen LogP contribution in [-0.2, 0) is 13.0 Å². The van der Waals surface area contributed by atoms with Gasteiger partial charge in [0.25, 0.3) is 5.56 Å². The molecular weight excluding hydrogens is 316 g/mol. The number of hydrogen-bond donors (Lipinski definition) is 1. The second-order valence-electron chi connectivity index (χ2n) is 5.93. The van der Waals surface area contributed by atoms with Crippen molar-refractivity contribution in [2.45, 2.75) is 19.9 Å². The van der Waals surface area contributed by atoms with Crippen molar-refractivity contribution in [2.24, 2.45) is 0 Å². The van der Waals surface area contributed by atoms with Gasteiger partial charge in [-0.1, -0.05) is 48.0 Å². The van der Waals surface area contributed by atoms with Gasteiger partial charge in [-0.25, -0.2) is 4.79 Å². The highest BCUT2D eigenvalue weighted by molar-refractivity contribution is 5.40. The molecule has 5 heteroatoms. The zero-order valence-corrected chi connectivity index (χ0v) is 14.1. The molecule has 0 aliphatic heterocycles. The molecule has 3 rings (SSSR count). The summed E-state index contributed by atoms with van der Waals surface area (Å²) in [4.78, 5) is 25.0. The Hall–Kier alpha value is -3.08. The monoisotopic (exact) mass is 336 g/mol. The van der Waals surface area contributed by atoms with Crippen LogP contribution in [0.5, 0.6) is 5.75 Å². The molecule has 0 aliphatic rings. The first kappa shape index (κ1) is 16.8. The lowest BCUT2D eigenvalue weighted by Crippen LogP contribution is -2.30. The normalized spacial score (nSPS) is 10.6. The van der Waals surface area contributed by atoms with Crippen LogP contribution in [0.15, 0.2) is 70.4 Å². The van der Waals surface area contributed by atoms with E-state index in [9.17, 15) is 9.59 Å². The molecule has 0 saturated heterocycles. The van der Waals surface area contributed by atoms with Crippen molar-refractivity contribution in [3.8, 4) is 5.75 Å². The fourth-order valence-electron chi connectivity index (χ4n) is 2.68. The summed E-state index contributed by atoms with van der Waals surface area (Å²) in [5.41, 5.74) is 2.68. The smallest absolute Gasteiger partial charge is 0.328 e. The Balaban J connectivity index is 1.71. The van der Waals surface area contributed by atoms with Gasteiger partial charge in [0.15, 0.2) is 0 Å². The molecule has 5 nitrogen and oxygen atoms in total. The van der Waals surface area contributed by atoms with Crippen LogP contribution in [0.25, 0.3) is 0 Å². The molecule has 2 aromatic carbocycles. The molecule has 0 radical (unpaired) electrons. The first-order valence-electron chi connectivity index (χ1n) is 8.18. The standard InChI is InChI=1S/C20H20N2O3/c1-15-7-8-18(17(13-15)14-16-5-3-2-4-6-16)25-12-11-22-10-9-19(23)21-20(22)24/h2-10,13H,11-12,14H2,1H3,(H,21,23,24). The summed E-state index contributed by atoms with van der Waals surface area (Å²) >= 11 is 0. The van der Waals surface area contributed by atoms with Crippen LogP contribution in [0.2, 0.25) is 0 Å². The van der Waals surface area contributed by atoms with E-state index in [0.717, 1.165) is 17.7 Å². The molecule has 0 aliphatic carbocycles. The third-order valence-electron chi connectivity index (χ3n) is 3.94. The first-order chi connectivity index (χ1) is 12.1. The number of benzene rings is 2. The Morgan fingerprint density at radius 1 is 1.04 bits per heavy atom. The molecule has 0 bridgehead atoms. The molecule has 128 valence electrons. The maximum atomic E-state index is 11.7. The summed E-state index contributed by atoms with van der Waals surface area (Å²) in [6.45, 7) is 2.77. The number of aromatic amines is 1. The van der Waals surface area contributed by atoms with E-state index in [1.807, 2.05) is 30.3 Å². The molecule has 0 atom stereocenters. The third-order valence-corrected chi connectivity index (χ3v) is 3.94. The van der Waals surface area contributed by atoms with Crippen molar-refractivity contribution >= 4 is 0 Å². The van der Waals surface area contributed by atoms with Gasteiger partial charge in [0, 0.05) is 18.7 Å². The van der Waals surface area contributed by atoms with Crippen LogP contribution < -0.4 is 16.0 Å². The Labute approximate surface area is 145 Å². The van der Waals surface area contributed by atoms with Gasteiger partial charge in [-0.15, -0.1) is 0 Å². The molecule has 0 saturated carbocycles. The average molecular weight is 336 g/mol. The van der Waals surface area contributed by atoms with Gasteiger partial charge in [-0.3, -0.25) is 14.3 Å². The van der Waals surface area contributed by atoms with Crippen LogP contribution in [0.1, 0.15) is 16.7 Å². The highest BCUT2D eigenvalue weighted by Gasteiger charge is 2.06. The number of aromatic nitrogens is 2. The fraction of sp³-hybridized carbons (Fsp3) is 0.200. The number of ether oxygens (including phenoxy) is 1. The minimum absolute atomic E-state index is 0.344. The SMILES string of the molecule is Cc1ccc(OCCn2ccc(=O)[nH]c2=O)c(Cc2ccccc2)c1. The number of rotatable bonds is 6. The van der Waals surface area contributed by atoms with E-state index in [0.29, 0.717) is 13.2 Å². The van der Waals surface area contributed by atoms with Crippen molar-refractivity contribution in [1.29, 1.82) is 0 Å². The molecule has 1 N–H and O–H groups in total.